The van der Waals surface area contributed by atoms with Crippen molar-refractivity contribution in [3.8, 4) is 6.07 Å². The Kier molecular flexibility index (Phi) is 5.61. The molecule has 2 fully saturated rings. The fourth-order valence-electron chi connectivity index (χ4n) is 3.03. The molecule has 2 amide bonds. The average molecular weight is 320 g/mol. The smallest absolute Gasteiger partial charge is 0.266 e. The number of hydrogen-bond donors (Lipinski definition) is 0. The first-order valence-corrected chi connectivity index (χ1v) is 7.97. The van der Waals surface area contributed by atoms with Crippen LogP contribution in [0, 0.1) is 11.3 Å². The minimum Gasteiger partial charge on any atom is -0.372 e. The van der Waals surface area contributed by atoms with E-state index in [1.54, 1.807) is 16.0 Å². The maximum atomic E-state index is 12.5. The van der Waals surface area contributed by atoms with Crippen molar-refractivity contribution in [1.82, 2.24) is 14.7 Å². The molecule has 2 unspecified atom stereocenters. The fourth-order valence-corrected chi connectivity index (χ4v) is 3.03. The first kappa shape index (κ1) is 17.3. The maximum Gasteiger partial charge on any atom is 0.266 e. The van der Waals surface area contributed by atoms with E-state index >= 15 is 0 Å². The van der Waals surface area contributed by atoms with Crippen LogP contribution in [0.25, 0.3) is 0 Å². The first-order chi connectivity index (χ1) is 10.9. The van der Waals surface area contributed by atoms with Crippen molar-refractivity contribution in [3.05, 3.63) is 11.8 Å². The Morgan fingerprint density at radius 3 is 2.09 bits per heavy atom. The van der Waals surface area contributed by atoms with Gasteiger partial charge in [0, 0.05) is 52.4 Å². The van der Waals surface area contributed by atoms with Crippen molar-refractivity contribution in [3.63, 3.8) is 0 Å². The summed E-state index contributed by atoms with van der Waals surface area (Å²) in [5.74, 6) is -0.244. The van der Waals surface area contributed by atoms with Gasteiger partial charge in [-0.2, -0.15) is 5.26 Å². The van der Waals surface area contributed by atoms with Crippen molar-refractivity contribution in [2.45, 2.75) is 33.0 Å². The molecule has 7 nitrogen and oxygen atoms in total. The summed E-state index contributed by atoms with van der Waals surface area (Å²) in [6.07, 6.45) is 1.79. The van der Waals surface area contributed by atoms with Crippen molar-refractivity contribution < 1.29 is 14.3 Å². The Morgan fingerprint density at radius 2 is 1.61 bits per heavy atom. The van der Waals surface area contributed by atoms with Crippen LogP contribution in [0.15, 0.2) is 11.8 Å². The largest absolute Gasteiger partial charge is 0.372 e. The highest BCUT2D eigenvalue weighted by Gasteiger charge is 2.26. The summed E-state index contributed by atoms with van der Waals surface area (Å²) in [7, 11) is 0. The summed E-state index contributed by atoms with van der Waals surface area (Å²) in [4.78, 5) is 29.2. The molecule has 2 aliphatic rings. The van der Waals surface area contributed by atoms with Crippen LogP contribution in [0.3, 0.4) is 0 Å². The Labute approximate surface area is 137 Å². The Hall–Kier alpha value is -2.07. The predicted molar refractivity (Wildman–Crippen MR) is 84.1 cm³/mol. The summed E-state index contributed by atoms with van der Waals surface area (Å²) in [6, 6.07) is 2.02. The van der Waals surface area contributed by atoms with Crippen LogP contribution >= 0.6 is 0 Å². The van der Waals surface area contributed by atoms with Crippen molar-refractivity contribution >= 4 is 11.8 Å². The molecule has 0 aliphatic carbocycles. The number of hydrogen-bond acceptors (Lipinski definition) is 5. The van der Waals surface area contributed by atoms with E-state index in [1.807, 2.05) is 24.8 Å². The van der Waals surface area contributed by atoms with Crippen LogP contribution in [0.1, 0.15) is 20.8 Å². The maximum absolute atomic E-state index is 12.5. The number of morpholine rings is 1. The van der Waals surface area contributed by atoms with E-state index in [0.29, 0.717) is 39.3 Å². The quantitative estimate of drug-likeness (QED) is 0.536. The molecule has 0 aromatic rings. The SMILES string of the molecule is CC(=O)N1CCN(C(=O)/C(C#N)=C\N2CC(C)OC(C)C2)CC1. The van der Waals surface area contributed by atoms with Crippen molar-refractivity contribution in [2.75, 3.05) is 39.3 Å². The summed E-state index contributed by atoms with van der Waals surface area (Å²) in [5.41, 5.74) is 0.141. The van der Waals surface area contributed by atoms with Gasteiger partial charge in [-0.05, 0) is 13.8 Å². The van der Waals surface area contributed by atoms with Gasteiger partial charge < -0.3 is 19.4 Å². The van der Waals surface area contributed by atoms with Crippen LogP contribution in [0.5, 0.6) is 0 Å². The fraction of sp³-hybridized carbons (Fsp3) is 0.688. The standard InChI is InChI=1S/C16H24N4O3/c1-12-9-18(10-13(2)23-12)11-15(8-17)16(22)20-6-4-19(5-7-20)14(3)21/h11-13H,4-7,9-10H2,1-3H3/b15-11-. The van der Waals surface area contributed by atoms with Gasteiger partial charge in [-0.25, -0.2) is 0 Å². The third-order valence-corrected chi connectivity index (χ3v) is 4.12. The number of nitriles is 1. The predicted octanol–water partition coefficient (Wildman–Crippen LogP) is 0.194. The Balaban J connectivity index is 2.00. The zero-order chi connectivity index (χ0) is 17.0. The van der Waals surface area contributed by atoms with E-state index in [0.717, 1.165) is 0 Å². The average Bonchev–Trinajstić information content (AvgIpc) is 2.51. The number of carbonyl (C=O) groups excluding carboxylic acids is 2. The Bertz CT molecular complexity index is 522. The van der Waals surface area contributed by atoms with E-state index in [9.17, 15) is 14.9 Å². The molecule has 2 rings (SSSR count). The molecular formula is C16H24N4O3. The highest BCUT2D eigenvalue weighted by Crippen LogP contribution is 2.14. The van der Waals surface area contributed by atoms with Gasteiger partial charge in [-0.15, -0.1) is 0 Å². The van der Waals surface area contributed by atoms with Gasteiger partial charge in [0.2, 0.25) is 5.91 Å². The molecule has 0 N–H and O–H groups in total. The number of ether oxygens (including phenoxy) is 1. The number of piperazine rings is 1. The monoisotopic (exact) mass is 320 g/mol. The molecule has 0 spiro atoms. The van der Waals surface area contributed by atoms with E-state index < -0.39 is 0 Å². The van der Waals surface area contributed by atoms with Gasteiger partial charge in [0.15, 0.2) is 0 Å². The lowest BCUT2D eigenvalue weighted by molar-refractivity contribution is -0.136. The lowest BCUT2D eigenvalue weighted by Gasteiger charge is -2.36. The van der Waals surface area contributed by atoms with Gasteiger partial charge >= 0.3 is 0 Å². The van der Waals surface area contributed by atoms with E-state index in [2.05, 4.69) is 0 Å². The summed E-state index contributed by atoms with van der Waals surface area (Å²) in [6.45, 7) is 8.79. The first-order valence-electron chi connectivity index (χ1n) is 7.97. The second-order valence-corrected chi connectivity index (χ2v) is 6.16. The Morgan fingerprint density at radius 1 is 1.09 bits per heavy atom. The molecule has 0 aromatic carbocycles. The van der Waals surface area contributed by atoms with Crippen LogP contribution in [-0.4, -0.2) is 78.0 Å². The zero-order valence-electron chi connectivity index (χ0n) is 14.0. The van der Waals surface area contributed by atoms with Crippen LogP contribution in [0.4, 0.5) is 0 Å². The highest BCUT2D eigenvalue weighted by molar-refractivity contribution is 5.97. The van der Waals surface area contributed by atoms with Crippen LogP contribution < -0.4 is 0 Å². The molecule has 23 heavy (non-hydrogen) atoms. The van der Waals surface area contributed by atoms with E-state index in [1.165, 1.54) is 6.92 Å². The normalized spacial score (nSPS) is 26.0. The van der Waals surface area contributed by atoms with Crippen LogP contribution in [-0.2, 0) is 14.3 Å². The molecule has 0 bridgehead atoms. The van der Waals surface area contributed by atoms with Crippen LogP contribution in [0.2, 0.25) is 0 Å². The molecule has 0 aromatic heterocycles. The number of amides is 2. The molecule has 2 saturated heterocycles. The molecular weight excluding hydrogens is 296 g/mol. The third-order valence-electron chi connectivity index (χ3n) is 4.12. The topological polar surface area (TPSA) is 76.9 Å². The van der Waals surface area contributed by atoms with Gasteiger partial charge in [0.25, 0.3) is 5.91 Å². The highest BCUT2D eigenvalue weighted by atomic mass is 16.5. The lowest BCUT2D eigenvalue weighted by Crippen LogP contribution is -2.50. The molecule has 0 saturated carbocycles. The molecule has 7 heteroatoms. The van der Waals surface area contributed by atoms with E-state index in [4.69, 9.17) is 4.74 Å². The van der Waals surface area contributed by atoms with E-state index in [-0.39, 0.29) is 29.6 Å². The molecule has 2 aliphatic heterocycles. The molecule has 2 atom stereocenters. The number of rotatable bonds is 2. The molecule has 2 heterocycles. The summed E-state index contributed by atoms with van der Waals surface area (Å²) in [5, 5.41) is 9.34. The summed E-state index contributed by atoms with van der Waals surface area (Å²) >= 11 is 0. The van der Waals surface area contributed by atoms with Crippen molar-refractivity contribution in [1.29, 1.82) is 5.26 Å². The number of nitrogens with zero attached hydrogens (tertiary/aromatic N) is 4. The minimum atomic E-state index is -0.262. The molecule has 126 valence electrons. The van der Waals surface area contributed by atoms with Gasteiger partial charge in [-0.3, -0.25) is 9.59 Å². The van der Waals surface area contributed by atoms with Gasteiger partial charge in [0.05, 0.1) is 12.2 Å². The second kappa shape index (κ2) is 7.47. The zero-order valence-corrected chi connectivity index (χ0v) is 14.0. The van der Waals surface area contributed by atoms with Gasteiger partial charge in [-0.1, -0.05) is 0 Å². The van der Waals surface area contributed by atoms with Crippen molar-refractivity contribution in [2.24, 2.45) is 0 Å². The second-order valence-electron chi connectivity index (χ2n) is 6.16. The minimum absolute atomic E-state index is 0.0180. The number of carbonyl (C=O) groups is 2. The lowest BCUT2D eigenvalue weighted by atomic mass is 10.2. The summed E-state index contributed by atoms with van der Waals surface area (Å²) < 4.78 is 5.66. The van der Waals surface area contributed by atoms with Gasteiger partial charge in [0.1, 0.15) is 11.6 Å². The third kappa shape index (κ3) is 4.45. The molecule has 0 radical (unpaired) electrons.